The van der Waals surface area contributed by atoms with Crippen molar-refractivity contribution in [2.45, 2.75) is 41.5 Å². The highest BCUT2D eigenvalue weighted by Crippen LogP contribution is 2.22. The van der Waals surface area contributed by atoms with Crippen LogP contribution < -0.4 is 5.73 Å². The van der Waals surface area contributed by atoms with Gasteiger partial charge in [-0.1, -0.05) is 40.2 Å². The molecular weight excluding hydrogens is 122 g/mol. The fourth-order valence-corrected chi connectivity index (χ4v) is 0.250. The molecule has 2 N–H and O–H groups in total. The van der Waals surface area contributed by atoms with Crippen molar-refractivity contribution in [2.75, 3.05) is 0 Å². The summed E-state index contributed by atoms with van der Waals surface area (Å²) in [4.78, 5) is 0. The van der Waals surface area contributed by atoms with Gasteiger partial charge in [-0.05, 0) is 18.5 Å². The van der Waals surface area contributed by atoms with Gasteiger partial charge in [0.15, 0.2) is 0 Å². The van der Waals surface area contributed by atoms with Gasteiger partial charge in [0.25, 0.3) is 0 Å². The molecule has 0 aliphatic carbocycles. The topological polar surface area (TPSA) is 26.0 Å². The van der Waals surface area contributed by atoms with Crippen LogP contribution in [0, 0.1) is 5.41 Å². The van der Waals surface area contributed by atoms with Crippen molar-refractivity contribution >= 4 is 0 Å². The summed E-state index contributed by atoms with van der Waals surface area (Å²) in [5, 5.41) is 0. The minimum Gasteiger partial charge on any atom is -0.405 e. The maximum Gasteiger partial charge on any atom is -0.00679 e. The standard InChI is InChI=1S/C7H15N.C2H6/c1-6(5-8)7(2,3)4;1-2/h5H,8H2,1-4H3;1-2H3/b6-5+;. The molecule has 62 valence electrons. The molecule has 0 aromatic rings. The van der Waals surface area contributed by atoms with E-state index >= 15 is 0 Å². The molecule has 0 aliphatic heterocycles. The molecule has 0 saturated heterocycles. The predicted molar refractivity (Wildman–Crippen MR) is 48.7 cm³/mol. The molecule has 0 radical (unpaired) electrons. The maximum atomic E-state index is 5.30. The SMILES string of the molecule is C/C(=C\N)C(C)(C)C.CC. The first kappa shape index (κ1) is 12.2. The van der Waals surface area contributed by atoms with Crippen LogP contribution in [-0.2, 0) is 0 Å². The Kier molecular flexibility index (Phi) is 6.53. The van der Waals surface area contributed by atoms with E-state index in [0.717, 1.165) is 0 Å². The molecule has 10 heavy (non-hydrogen) atoms. The third-order valence-corrected chi connectivity index (χ3v) is 1.43. The average Bonchev–Trinajstić information content (AvgIpc) is 1.89. The molecule has 0 atom stereocenters. The summed E-state index contributed by atoms with van der Waals surface area (Å²) in [6, 6.07) is 0. The molecule has 0 aromatic heterocycles. The lowest BCUT2D eigenvalue weighted by Crippen LogP contribution is -2.07. The van der Waals surface area contributed by atoms with E-state index in [4.69, 9.17) is 5.73 Å². The summed E-state index contributed by atoms with van der Waals surface area (Å²) < 4.78 is 0. The largest absolute Gasteiger partial charge is 0.405 e. The molecule has 0 unspecified atom stereocenters. The van der Waals surface area contributed by atoms with Gasteiger partial charge in [-0.25, -0.2) is 0 Å². The highest BCUT2D eigenvalue weighted by atomic mass is 14.5. The van der Waals surface area contributed by atoms with E-state index in [2.05, 4.69) is 20.8 Å². The molecule has 0 rings (SSSR count). The van der Waals surface area contributed by atoms with Crippen LogP contribution in [0.5, 0.6) is 0 Å². The van der Waals surface area contributed by atoms with E-state index in [1.54, 1.807) is 6.20 Å². The molecule has 0 aliphatic rings. The van der Waals surface area contributed by atoms with Gasteiger partial charge in [-0.3, -0.25) is 0 Å². The Hall–Kier alpha value is -0.460. The van der Waals surface area contributed by atoms with Gasteiger partial charge in [0.2, 0.25) is 0 Å². The first-order valence-electron chi connectivity index (χ1n) is 3.87. The van der Waals surface area contributed by atoms with Gasteiger partial charge in [0.1, 0.15) is 0 Å². The van der Waals surface area contributed by atoms with Crippen LogP contribution in [0.15, 0.2) is 11.8 Å². The van der Waals surface area contributed by atoms with Gasteiger partial charge in [0.05, 0.1) is 0 Å². The lowest BCUT2D eigenvalue weighted by atomic mass is 9.88. The molecule has 0 spiro atoms. The number of rotatable bonds is 0. The molecule has 0 saturated carbocycles. The molecule has 0 fully saturated rings. The Morgan fingerprint density at radius 1 is 1.20 bits per heavy atom. The van der Waals surface area contributed by atoms with Gasteiger partial charge >= 0.3 is 0 Å². The first-order valence-corrected chi connectivity index (χ1v) is 3.87. The minimum absolute atomic E-state index is 0.245. The zero-order valence-corrected chi connectivity index (χ0v) is 8.15. The third-order valence-electron chi connectivity index (χ3n) is 1.43. The Labute approximate surface area is 65.3 Å². The van der Waals surface area contributed by atoms with Crippen molar-refractivity contribution < 1.29 is 0 Å². The Morgan fingerprint density at radius 2 is 1.50 bits per heavy atom. The van der Waals surface area contributed by atoms with Crippen molar-refractivity contribution in [1.82, 2.24) is 0 Å². The molecule has 0 bridgehead atoms. The van der Waals surface area contributed by atoms with Gasteiger partial charge in [-0.15, -0.1) is 0 Å². The Balaban J connectivity index is 0. The van der Waals surface area contributed by atoms with Crippen LogP contribution in [0.2, 0.25) is 0 Å². The highest BCUT2D eigenvalue weighted by molar-refractivity contribution is 5.04. The van der Waals surface area contributed by atoms with E-state index in [-0.39, 0.29) is 5.41 Å². The van der Waals surface area contributed by atoms with Crippen molar-refractivity contribution in [3.8, 4) is 0 Å². The van der Waals surface area contributed by atoms with Gasteiger partial charge in [0, 0.05) is 0 Å². The summed E-state index contributed by atoms with van der Waals surface area (Å²) in [7, 11) is 0. The third kappa shape index (κ3) is 5.67. The number of allylic oxidation sites excluding steroid dienone is 1. The smallest absolute Gasteiger partial charge is 0.00679 e. The maximum absolute atomic E-state index is 5.30. The molecule has 0 amide bonds. The second kappa shape index (κ2) is 5.33. The highest BCUT2D eigenvalue weighted by Gasteiger charge is 2.10. The van der Waals surface area contributed by atoms with E-state index < -0.39 is 0 Å². The summed E-state index contributed by atoms with van der Waals surface area (Å²) in [5.41, 5.74) is 6.77. The van der Waals surface area contributed by atoms with Crippen LogP contribution in [0.1, 0.15) is 41.5 Å². The minimum atomic E-state index is 0.245. The Morgan fingerprint density at radius 3 is 1.50 bits per heavy atom. The molecule has 1 nitrogen and oxygen atoms in total. The van der Waals surface area contributed by atoms with Crippen molar-refractivity contribution in [3.63, 3.8) is 0 Å². The zero-order valence-electron chi connectivity index (χ0n) is 8.15. The van der Waals surface area contributed by atoms with E-state index in [0.29, 0.717) is 0 Å². The molecule has 0 heterocycles. The number of hydrogen-bond acceptors (Lipinski definition) is 1. The summed E-state index contributed by atoms with van der Waals surface area (Å²) in [6.45, 7) is 12.5. The summed E-state index contributed by atoms with van der Waals surface area (Å²) in [6.07, 6.45) is 1.67. The molecule has 0 aromatic carbocycles. The van der Waals surface area contributed by atoms with Crippen LogP contribution in [0.4, 0.5) is 0 Å². The Bertz CT molecular complexity index is 95.8. The van der Waals surface area contributed by atoms with E-state index in [9.17, 15) is 0 Å². The molecule has 1 heteroatoms. The van der Waals surface area contributed by atoms with E-state index in [1.807, 2.05) is 20.8 Å². The van der Waals surface area contributed by atoms with Crippen LogP contribution in [-0.4, -0.2) is 0 Å². The lowest BCUT2D eigenvalue weighted by molar-refractivity contribution is 0.502. The van der Waals surface area contributed by atoms with Crippen LogP contribution >= 0.6 is 0 Å². The number of hydrogen-bond donors (Lipinski definition) is 1. The van der Waals surface area contributed by atoms with Crippen LogP contribution in [0.3, 0.4) is 0 Å². The summed E-state index contributed by atoms with van der Waals surface area (Å²) in [5.74, 6) is 0. The predicted octanol–water partition coefficient (Wildman–Crippen LogP) is 2.92. The molecular formula is C9H21N. The number of nitrogens with two attached hydrogens (primary N) is 1. The van der Waals surface area contributed by atoms with Gasteiger partial charge in [-0.2, -0.15) is 0 Å². The normalized spacial score (nSPS) is 12.0. The van der Waals surface area contributed by atoms with E-state index in [1.165, 1.54) is 5.57 Å². The first-order chi connectivity index (χ1) is 4.48. The zero-order chi connectivity index (χ0) is 8.78. The fourth-order valence-electron chi connectivity index (χ4n) is 0.250. The van der Waals surface area contributed by atoms with Crippen molar-refractivity contribution in [2.24, 2.45) is 11.1 Å². The lowest BCUT2D eigenvalue weighted by Gasteiger charge is -2.17. The average molecular weight is 143 g/mol. The van der Waals surface area contributed by atoms with Crippen molar-refractivity contribution in [1.29, 1.82) is 0 Å². The second-order valence-corrected chi connectivity index (χ2v) is 3.10. The summed E-state index contributed by atoms with van der Waals surface area (Å²) >= 11 is 0. The fraction of sp³-hybridized carbons (Fsp3) is 0.778. The quantitative estimate of drug-likeness (QED) is 0.554. The van der Waals surface area contributed by atoms with Crippen molar-refractivity contribution in [3.05, 3.63) is 11.8 Å². The second-order valence-electron chi connectivity index (χ2n) is 3.10. The monoisotopic (exact) mass is 143 g/mol. The van der Waals surface area contributed by atoms with Crippen LogP contribution in [0.25, 0.3) is 0 Å². The van der Waals surface area contributed by atoms with Gasteiger partial charge < -0.3 is 5.73 Å².